The van der Waals surface area contributed by atoms with Crippen LogP contribution in [0.3, 0.4) is 0 Å². The number of hydrogen-bond acceptors (Lipinski definition) is 5. The molecule has 6 heteroatoms. The molecule has 1 aromatic rings. The number of carbonyl (C=O) groups excluding carboxylic acids is 1. The minimum absolute atomic E-state index is 0.00215. The fraction of sp³-hybridized carbons (Fsp3) is 0.750. The van der Waals surface area contributed by atoms with Gasteiger partial charge in [-0.15, -0.1) is 0 Å². The molecule has 2 rings (SSSR count). The molecular formula is C12H20N4O2. The summed E-state index contributed by atoms with van der Waals surface area (Å²) in [6.07, 6.45) is 7.13. The number of hydrogen-bond donors (Lipinski definition) is 2. The molecule has 1 saturated carbocycles. The first-order valence-electron chi connectivity index (χ1n) is 6.56. The summed E-state index contributed by atoms with van der Waals surface area (Å²) in [4.78, 5) is 15.9. The first kappa shape index (κ1) is 13.0. The molecule has 18 heavy (non-hydrogen) atoms. The van der Waals surface area contributed by atoms with Crippen molar-refractivity contribution in [2.45, 2.75) is 44.6 Å². The van der Waals surface area contributed by atoms with Crippen LogP contribution in [0.5, 0.6) is 0 Å². The summed E-state index contributed by atoms with van der Waals surface area (Å²) in [5.41, 5.74) is 6.05. The van der Waals surface area contributed by atoms with Gasteiger partial charge >= 0.3 is 0 Å². The van der Waals surface area contributed by atoms with Gasteiger partial charge in [0.05, 0.1) is 5.92 Å². The number of carbonyl (C=O) groups is 1. The van der Waals surface area contributed by atoms with E-state index in [0.717, 1.165) is 25.7 Å². The van der Waals surface area contributed by atoms with Crippen molar-refractivity contribution in [3.05, 3.63) is 12.2 Å². The Morgan fingerprint density at radius 3 is 3.06 bits per heavy atom. The Balaban J connectivity index is 1.76. The zero-order chi connectivity index (χ0) is 12.8. The van der Waals surface area contributed by atoms with Gasteiger partial charge in [0.15, 0.2) is 5.82 Å². The maximum absolute atomic E-state index is 12.0. The number of aromatic nitrogens is 2. The van der Waals surface area contributed by atoms with E-state index in [-0.39, 0.29) is 17.9 Å². The molecule has 0 aromatic carbocycles. The number of nitrogens with zero attached hydrogens (tertiary/aromatic N) is 2. The summed E-state index contributed by atoms with van der Waals surface area (Å²) >= 11 is 0. The van der Waals surface area contributed by atoms with E-state index in [9.17, 15) is 4.79 Å². The van der Waals surface area contributed by atoms with Crippen LogP contribution < -0.4 is 11.1 Å². The lowest BCUT2D eigenvalue weighted by atomic mass is 9.94. The van der Waals surface area contributed by atoms with Gasteiger partial charge in [-0.25, -0.2) is 0 Å². The average Bonchev–Trinajstić information content (AvgIpc) is 2.77. The second-order valence-electron chi connectivity index (χ2n) is 4.80. The summed E-state index contributed by atoms with van der Waals surface area (Å²) in [5, 5.41) is 6.60. The highest BCUT2D eigenvalue weighted by Crippen LogP contribution is 2.22. The van der Waals surface area contributed by atoms with Crippen LogP contribution >= 0.6 is 0 Å². The van der Waals surface area contributed by atoms with Gasteiger partial charge in [-0.2, -0.15) is 4.98 Å². The van der Waals surface area contributed by atoms with Gasteiger partial charge in [0.1, 0.15) is 0 Å². The van der Waals surface area contributed by atoms with E-state index in [1.54, 1.807) is 0 Å². The zero-order valence-corrected chi connectivity index (χ0v) is 10.5. The fourth-order valence-electron chi connectivity index (χ4n) is 2.39. The Morgan fingerprint density at radius 1 is 1.44 bits per heavy atom. The summed E-state index contributed by atoms with van der Waals surface area (Å²) < 4.78 is 4.63. The number of amides is 1. The van der Waals surface area contributed by atoms with Crippen LogP contribution in [-0.4, -0.2) is 28.6 Å². The Bertz CT molecular complexity index is 366. The quantitative estimate of drug-likeness (QED) is 0.767. The van der Waals surface area contributed by atoms with Gasteiger partial charge in [0, 0.05) is 19.0 Å². The van der Waals surface area contributed by atoms with E-state index in [0.29, 0.717) is 18.8 Å². The van der Waals surface area contributed by atoms with Crippen molar-refractivity contribution in [1.29, 1.82) is 0 Å². The fourth-order valence-corrected chi connectivity index (χ4v) is 2.39. The summed E-state index contributed by atoms with van der Waals surface area (Å²) in [5.74, 6) is 0.631. The minimum atomic E-state index is -0.0437. The van der Waals surface area contributed by atoms with E-state index in [2.05, 4.69) is 20.0 Å². The molecule has 0 saturated heterocycles. The molecule has 6 nitrogen and oxygen atoms in total. The molecule has 1 aromatic heterocycles. The molecule has 1 aliphatic rings. The average molecular weight is 252 g/mol. The molecule has 0 aliphatic heterocycles. The maximum Gasteiger partial charge on any atom is 0.224 e. The molecule has 3 N–H and O–H groups in total. The van der Waals surface area contributed by atoms with Crippen LogP contribution in [0.2, 0.25) is 0 Å². The molecule has 1 fully saturated rings. The predicted octanol–water partition coefficient (Wildman–Crippen LogP) is 0.636. The van der Waals surface area contributed by atoms with E-state index in [1.807, 2.05) is 0 Å². The highest BCUT2D eigenvalue weighted by atomic mass is 16.5. The second-order valence-corrected chi connectivity index (χ2v) is 4.80. The third kappa shape index (κ3) is 3.53. The monoisotopic (exact) mass is 252 g/mol. The topological polar surface area (TPSA) is 94.0 Å². The highest BCUT2D eigenvalue weighted by Gasteiger charge is 2.26. The van der Waals surface area contributed by atoms with Crippen LogP contribution in [-0.2, 0) is 11.2 Å². The smallest absolute Gasteiger partial charge is 0.224 e. The van der Waals surface area contributed by atoms with Crippen LogP contribution in [0, 0.1) is 5.92 Å². The lowest BCUT2D eigenvalue weighted by Gasteiger charge is -2.20. The van der Waals surface area contributed by atoms with Crippen molar-refractivity contribution in [2.75, 3.05) is 6.54 Å². The molecular weight excluding hydrogens is 232 g/mol. The maximum atomic E-state index is 12.0. The normalized spacial score (nSPS) is 24.5. The lowest BCUT2D eigenvalue weighted by Crippen LogP contribution is -2.41. The van der Waals surface area contributed by atoms with E-state index in [1.165, 1.54) is 12.8 Å². The second kappa shape index (κ2) is 6.49. The van der Waals surface area contributed by atoms with Crippen molar-refractivity contribution in [2.24, 2.45) is 11.7 Å². The van der Waals surface area contributed by atoms with Crippen LogP contribution in [0.25, 0.3) is 0 Å². The first-order chi connectivity index (χ1) is 8.77. The van der Waals surface area contributed by atoms with Crippen molar-refractivity contribution in [3.63, 3.8) is 0 Å². The SMILES string of the molecule is NC1CCCCCC1C(=O)NCCc1ncon1. The molecule has 1 amide bonds. The van der Waals surface area contributed by atoms with Gasteiger partial charge in [-0.05, 0) is 12.8 Å². The van der Waals surface area contributed by atoms with Crippen molar-refractivity contribution in [3.8, 4) is 0 Å². The van der Waals surface area contributed by atoms with Gasteiger partial charge < -0.3 is 15.6 Å². The molecule has 0 spiro atoms. The van der Waals surface area contributed by atoms with Crippen molar-refractivity contribution < 1.29 is 9.32 Å². The van der Waals surface area contributed by atoms with Gasteiger partial charge in [0.2, 0.25) is 12.3 Å². The molecule has 0 bridgehead atoms. The lowest BCUT2D eigenvalue weighted by molar-refractivity contribution is -0.125. The summed E-state index contributed by atoms with van der Waals surface area (Å²) in [6.45, 7) is 0.529. The molecule has 0 radical (unpaired) electrons. The summed E-state index contributed by atoms with van der Waals surface area (Å²) in [7, 11) is 0. The first-order valence-corrected chi connectivity index (χ1v) is 6.56. The van der Waals surface area contributed by atoms with Gasteiger partial charge in [-0.1, -0.05) is 24.4 Å². The minimum Gasteiger partial charge on any atom is -0.355 e. The van der Waals surface area contributed by atoms with Crippen LogP contribution in [0.15, 0.2) is 10.9 Å². The van der Waals surface area contributed by atoms with Gasteiger partial charge in [-0.3, -0.25) is 4.79 Å². The number of rotatable bonds is 4. The van der Waals surface area contributed by atoms with E-state index >= 15 is 0 Å². The Hall–Kier alpha value is -1.43. The van der Waals surface area contributed by atoms with E-state index < -0.39 is 0 Å². The molecule has 2 unspecified atom stereocenters. The highest BCUT2D eigenvalue weighted by molar-refractivity contribution is 5.79. The third-order valence-electron chi connectivity index (χ3n) is 3.46. The number of nitrogens with one attached hydrogen (secondary N) is 1. The number of nitrogens with two attached hydrogens (primary N) is 1. The zero-order valence-electron chi connectivity index (χ0n) is 10.5. The third-order valence-corrected chi connectivity index (χ3v) is 3.46. The summed E-state index contributed by atoms with van der Waals surface area (Å²) in [6, 6.07) is -0.00215. The Labute approximate surface area is 106 Å². The molecule has 1 heterocycles. The van der Waals surface area contributed by atoms with Gasteiger partial charge in [0.25, 0.3) is 0 Å². The standard InChI is InChI=1S/C12H20N4O2/c13-10-5-3-1-2-4-9(10)12(17)14-7-6-11-15-8-18-16-11/h8-10H,1-7,13H2,(H,14,17). The van der Waals surface area contributed by atoms with Crippen molar-refractivity contribution >= 4 is 5.91 Å². The molecule has 100 valence electrons. The van der Waals surface area contributed by atoms with Crippen LogP contribution in [0.1, 0.15) is 37.9 Å². The van der Waals surface area contributed by atoms with Crippen molar-refractivity contribution in [1.82, 2.24) is 15.5 Å². The molecule has 2 atom stereocenters. The van der Waals surface area contributed by atoms with E-state index in [4.69, 9.17) is 5.73 Å². The largest absolute Gasteiger partial charge is 0.355 e. The molecule has 1 aliphatic carbocycles. The predicted molar refractivity (Wildman–Crippen MR) is 65.6 cm³/mol. The Kier molecular flexibility index (Phi) is 4.69. The Morgan fingerprint density at radius 2 is 2.28 bits per heavy atom. The van der Waals surface area contributed by atoms with Crippen LogP contribution in [0.4, 0.5) is 0 Å².